The van der Waals surface area contributed by atoms with Crippen molar-refractivity contribution in [2.24, 2.45) is 0 Å². The SMILES string of the molecule is CC(=O)c1ccc(OC(=O)c2ccc(CN(C)C)cc2)cc1. The highest BCUT2D eigenvalue weighted by atomic mass is 16.5. The second kappa shape index (κ2) is 7.00. The van der Waals surface area contributed by atoms with E-state index < -0.39 is 5.97 Å². The Morgan fingerprint density at radius 3 is 1.95 bits per heavy atom. The van der Waals surface area contributed by atoms with Crippen LogP contribution in [0.5, 0.6) is 5.75 Å². The monoisotopic (exact) mass is 297 g/mol. The van der Waals surface area contributed by atoms with Gasteiger partial charge < -0.3 is 9.64 Å². The number of Topliss-reactive ketones (excluding diaryl/α,β-unsaturated/α-hetero) is 1. The summed E-state index contributed by atoms with van der Waals surface area (Å²) in [4.78, 5) is 25.3. The number of hydrogen-bond acceptors (Lipinski definition) is 4. The van der Waals surface area contributed by atoms with E-state index in [9.17, 15) is 9.59 Å². The molecule has 0 saturated carbocycles. The van der Waals surface area contributed by atoms with Gasteiger partial charge in [0.1, 0.15) is 5.75 Å². The van der Waals surface area contributed by atoms with Crippen LogP contribution in [-0.2, 0) is 6.54 Å². The molecule has 0 radical (unpaired) electrons. The molecular weight excluding hydrogens is 278 g/mol. The second-order valence-corrected chi connectivity index (χ2v) is 5.40. The van der Waals surface area contributed by atoms with Crippen molar-refractivity contribution >= 4 is 11.8 Å². The number of ether oxygens (including phenoxy) is 1. The van der Waals surface area contributed by atoms with Crippen molar-refractivity contribution in [2.75, 3.05) is 14.1 Å². The number of ketones is 1. The number of carbonyl (C=O) groups excluding carboxylic acids is 2. The summed E-state index contributed by atoms with van der Waals surface area (Å²) < 4.78 is 5.30. The van der Waals surface area contributed by atoms with Crippen molar-refractivity contribution in [1.29, 1.82) is 0 Å². The van der Waals surface area contributed by atoms with Crippen molar-refractivity contribution < 1.29 is 14.3 Å². The van der Waals surface area contributed by atoms with Crippen LogP contribution >= 0.6 is 0 Å². The molecule has 0 bridgehead atoms. The summed E-state index contributed by atoms with van der Waals surface area (Å²) in [5.74, 6) is -0.00583. The molecule has 0 saturated heterocycles. The van der Waals surface area contributed by atoms with Crippen LogP contribution in [-0.4, -0.2) is 30.7 Å². The largest absolute Gasteiger partial charge is 0.423 e. The molecule has 0 heterocycles. The van der Waals surface area contributed by atoms with Crippen LogP contribution in [0.4, 0.5) is 0 Å². The first-order valence-electron chi connectivity index (χ1n) is 7.02. The lowest BCUT2D eigenvalue weighted by molar-refractivity contribution is 0.0734. The molecule has 22 heavy (non-hydrogen) atoms. The van der Waals surface area contributed by atoms with Gasteiger partial charge in [0, 0.05) is 12.1 Å². The summed E-state index contributed by atoms with van der Waals surface area (Å²) >= 11 is 0. The molecule has 0 aliphatic heterocycles. The van der Waals surface area contributed by atoms with Gasteiger partial charge in [0.15, 0.2) is 5.78 Å². The van der Waals surface area contributed by atoms with E-state index in [4.69, 9.17) is 4.74 Å². The fourth-order valence-electron chi connectivity index (χ4n) is 2.04. The summed E-state index contributed by atoms with van der Waals surface area (Å²) in [5, 5.41) is 0. The maximum Gasteiger partial charge on any atom is 0.343 e. The molecule has 0 aliphatic carbocycles. The third-order valence-corrected chi connectivity index (χ3v) is 3.16. The molecule has 114 valence electrons. The summed E-state index contributed by atoms with van der Waals surface area (Å²) in [5.41, 5.74) is 2.22. The molecule has 0 aromatic heterocycles. The third-order valence-electron chi connectivity index (χ3n) is 3.16. The van der Waals surface area contributed by atoms with Crippen LogP contribution in [0.15, 0.2) is 48.5 Å². The normalized spacial score (nSPS) is 10.5. The van der Waals surface area contributed by atoms with Crippen molar-refractivity contribution in [3.63, 3.8) is 0 Å². The van der Waals surface area contributed by atoms with Crippen molar-refractivity contribution in [2.45, 2.75) is 13.5 Å². The van der Waals surface area contributed by atoms with Crippen LogP contribution in [0, 0.1) is 0 Å². The van der Waals surface area contributed by atoms with Crippen LogP contribution in [0.25, 0.3) is 0 Å². The third kappa shape index (κ3) is 4.27. The first-order valence-corrected chi connectivity index (χ1v) is 7.02. The molecule has 0 N–H and O–H groups in total. The van der Waals surface area contributed by atoms with Gasteiger partial charge in [-0.3, -0.25) is 4.79 Å². The zero-order chi connectivity index (χ0) is 16.1. The second-order valence-electron chi connectivity index (χ2n) is 5.40. The molecule has 4 nitrogen and oxygen atoms in total. The summed E-state index contributed by atoms with van der Waals surface area (Å²) in [6, 6.07) is 13.9. The Hall–Kier alpha value is -2.46. The van der Waals surface area contributed by atoms with Gasteiger partial charge in [-0.1, -0.05) is 12.1 Å². The van der Waals surface area contributed by atoms with Gasteiger partial charge in [0.2, 0.25) is 0 Å². The fourth-order valence-corrected chi connectivity index (χ4v) is 2.04. The smallest absolute Gasteiger partial charge is 0.343 e. The Morgan fingerprint density at radius 2 is 1.45 bits per heavy atom. The van der Waals surface area contributed by atoms with Gasteiger partial charge in [-0.05, 0) is 63.0 Å². The molecule has 4 heteroatoms. The lowest BCUT2D eigenvalue weighted by atomic mass is 10.1. The minimum atomic E-state index is -0.410. The topological polar surface area (TPSA) is 46.6 Å². The first kappa shape index (κ1) is 15.9. The van der Waals surface area contributed by atoms with Crippen molar-refractivity contribution in [1.82, 2.24) is 4.90 Å². The average Bonchev–Trinajstić information content (AvgIpc) is 2.48. The minimum Gasteiger partial charge on any atom is -0.423 e. The summed E-state index contributed by atoms with van der Waals surface area (Å²) in [6.45, 7) is 2.32. The highest BCUT2D eigenvalue weighted by Crippen LogP contribution is 2.15. The quantitative estimate of drug-likeness (QED) is 0.483. The lowest BCUT2D eigenvalue weighted by Gasteiger charge is -2.10. The lowest BCUT2D eigenvalue weighted by Crippen LogP contribution is -2.12. The predicted molar refractivity (Wildman–Crippen MR) is 85.2 cm³/mol. The van der Waals surface area contributed by atoms with Gasteiger partial charge in [-0.25, -0.2) is 4.79 Å². The maximum absolute atomic E-state index is 12.1. The fraction of sp³-hybridized carbons (Fsp3) is 0.222. The highest BCUT2D eigenvalue weighted by molar-refractivity contribution is 5.94. The van der Waals surface area contributed by atoms with Gasteiger partial charge in [0.25, 0.3) is 0 Å². The Morgan fingerprint density at radius 1 is 0.909 bits per heavy atom. The van der Waals surface area contributed by atoms with E-state index in [0.717, 1.165) is 12.1 Å². The van der Waals surface area contributed by atoms with E-state index in [0.29, 0.717) is 16.9 Å². The highest BCUT2D eigenvalue weighted by Gasteiger charge is 2.09. The number of carbonyl (C=O) groups is 2. The number of esters is 1. The number of hydrogen-bond donors (Lipinski definition) is 0. The van der Waals surface area contributed by atoms with Crippen LogP contribution < -0.4 is 4.74 Å². The Bertz CT molecular complexity index is 658. The zero-order valence-electron chi connectivity index (χ0n) is 13.0. The summed E-state index contributed by atoms with van der Waals surface area (Å²) in [6.07, 6.45) is 0. The summed E-state index contributed by atoms with van der Waals surface area (Å²) in [7, 11) is 3.99. The Balaban J connectivity index is 2.03. The Kier molecular flexibility index (Phi) is 5.07. The van der Waals surface area contributed by atoms with Gasteiger partial charge in [0.05, 0.1) is 5.56 Å². The molecule has 0 unspecified atom stereocenters. The average molecular weight is 297 g/mol. The number of benzene rings is 2. The standard InChI is InChI=1S/C18H19NO3/c1-13(20)15-8-10-17(11-9-15)22-18(21)16-6-4-14(5-7-16)12-19(2)3/h4-11H,12H2,1-3H3. The maximum atomic E-state index is 12.1. The molecule has 0 aliphatic rings. The minimum absolute atomic E-state index is 0.0191. The van der Waals surface area contributed by atoms with E-state index >= 15 is 0 Å². The van der Waals surface area contributed by atoms with Gasteiger partial charge in [-0.2, -0.15) is 0 Å². The van der Waals surface area contributed by atoms with E-state index in [-0.39, 0.29) is 5.78 Å². The first-order chi connectivity index (χ1) is 10.5. The zero-order valence-corrected chi connectivity index (χ0v) is 13.0. The van der Waals surface area contributed by atoms with Crippen molar-refractivity contribution in [3.05, 3.63) is 65.2 Å². The molecular formula is C18H19NO3. The molecule has 0 fully saturated rings. The van der Waals surface area contributed by atoms with Crippen LogP contribution in [0.3, 0.4) is 0 Å². The molecule has 2 aromatic rings. The molecule has 0 spiro atoms. The van der Waals surface area contributed by atoms with Gasteiger partial charge >= 0.3 is 5.97 Å². The predicted octanol–water partition coefficient (Wildman–Crippen LogP) is 3.17. The van der Waals surface area contributed by atoms with E-state index in [1.807, 2.05) is 26.2 Å². The van der Waals surface area contributed by atoms with Crippen LogP contribution in [0.2, 0.25) is 0 Å². The molecule has 0 atom stereocenters. The van der Waals surface area contributed by atoms with E-state index in [1.165, 1.54) is 6.92 Å². The molecule has 2 aromatic carbocycles. The van der Waals surface area contributed by atoms with E-state index in [2.05, 4.69) is 4.90 Å². The number of rotatable bonds is 5. The molecule has 0 amide bonds. The molecule has 2 rings (SSSR count). The van der Waals surface area contributed by atoms with Gasteiger partial charge in [-0.15, -0.1) is 0 Å². The van der Waals surface area contributed by atoms with Crippen LogP contribution in [0.1, 0.15) is 33.2 Å². The Labute approximate surface area is 130 Å². The number of nitrogens with zero attached hydrogens (tertiary/aromatic N) is 1. The van der Waals surface area contributed by atoms with Crippen molar-refractivity contribution in [3.8, 4) is 5.75 Å². The van der Waals surface area contributed by atoms with E-state index in [1.54, 1.807) is 36.4 Å².